The smallest absolute Gasteiger partial charge is 0.322 e. The van der Waals surface area contributed by atoms with E-state index in [1.165, 1.54) is 6.42 Å². The molecular weight excluding hydrogens is 168 g/mol. The van der Waals surface area contributed by atoms with Crippen LogP contribution in [0, 0.1) is 0 Å². The molecule has 4 heterocycles. The average Bonchev–Trinajstić information content (AvgIpc) is 2.44. The summed E-state index contributed by atoms with van der Waals surface area (Å²) in [6.45, 7) is 3.01. The fraction of sp³-hybridized carbons (Fsp3) is 0.889. The fourth-order valence-corrected chi connectivity index (χ4v) is 3.27. The maximum Gasteiger partial charge on any atom is 0.322 e. The largest absolute Gasteiger partial charge is 0.480 e. The van der Waals surface area contributed by atoms with Gasteiger partial charge in [-0.3, -0.25) is 14.6 Å². The second-order valence-corrected chi connectivity index (χ2v) is 4.31. The molecule has 4 heteroatoms. The number of hydrogen-bond donors (Lipinski definition) is 1. The Morgan fingerprint density at radius 2 is 2.15 bits per heavy atom. The van der Waals surface area contributed by atoms with E-state index in [2.05, 4.69) is 9.80 Å². The number of hydrogen-bond acceptors (Lipinski definition) is 3. The zero-order chi connectivity index (χ0) is 9.00. The van der Waals surface area contributed by atoms with Crippen molar-refractivity contribution in [3.63, 3.8) is 0 Å². The molecule has 4 rings (SSSR count). The molecule has 5 atom stereocenters. The summed E-state index contributed by atoms with van der Waals surface area (Å²) in [4.78, 5) is 15.6. The molecule has 0 saturated carbocycles. The highest BCUT2D eigenvalue weighted by Crippen LogP contribution is 2.37. The first-order valence-corrected chi connectivity index (χ1v) is 5.00. The molecule has 0 aromatic heterocycles. The SMILES string of the molecule is O=C(O)C1C2CCC3CN1CCN32. The highest BCUT2D eigenvalue weighted by atomic mass is 16.4. The van der Waals surface area contributed by atoms with Crippen molar-refractivity contribution < 1.29 is 9.90 Å². The summed E-state index contributed by atoms with van der Waals surface area (Å²) in [5, 5.41) is 9.11. The molecule has 0 amide bonds. The second-order valence-electron chi connectivity index (χ2n) is 4.31. The van der Waals surface area contributed by atoms with Crippen LogP contribution in [0.25, 0.3) is 0 Å². The van der Waals surface area contributed by atoms with Gasteiger partial charge in [-0.05, 0) is 12.8 Å². The van der Waals surface area contributed by atoms with E-state index in [0.717, 1.165) is 26.1 Å². The molecule has 0 spiro atoms. The van der Waals surface area contributed by atoms with Crippen molar-refractivity contribution in [3.8, 4) is 0 Å². The standard InChI is InChI=1S/C9H14N2O2/c12-9(13)8-7-2-1-6-5-10(8)3-4-11(6)7/h6-8H,1-5H2,(H,12,13). The van der Waals surface area contributed by atoms with Gasteiger partial charge in [0.1, 0.15) is 6.04 Å². The normalized spacial score (nSPS) is 52.5. The van der Waals surface area contributed by atoms with Crippen molar-refractivity contribution in [2.75, 3.05) is 19.6 Å². The molecular formula is C9H14N2O2. The average molecular weight is 182 g/mol. The van der Waals surface area contributed by atoms with Crippen molar-refractivity contribution in [3.05, 3.63) is 0 Å². The minimum absolute atomic E-state index is 0.215. The summed E-state index contributed by atoms with van der Waals surface area (Å²) in [5.41, 5.74) is 0. The number of piperazine rings is 3. The number of carboxylic acids is 1. The summed E-state index contributed by atoms with van der Waals surface area (Å²) in [6.07, 6.45) is 2.28. The minimum Gasteiger partial charge on any atom is -0.480 e. The predicted molar refractivity (Wildman–Crippen MR) is 46.5 cm³/mol. The number of nitrogens with zero attached hydrogens (tertiary/aromatic N) is 2. The van der Waals surface area contributed by atoms with Crippen molar-refractivity contribution in [1.82, 2.24) is 9.80 Å². The number of rotatable bonds is 1. The Bertz CT molecular complexity index is 256. The first-order valence-electron chi connectivity index (χ1n) is 5.00. The van der Waals surface area contributed by atoms with E-state index in [1.54, 1.807) is 0 Å². The lowest BCUT2D eigenvalue weighted by molar-refractivity contribution is -0.153. The van der Waals surface area contributed by atoms with Gasteiger partial charge in [0.15, 0.2) is 0 Å². The highest BCUT2D eigenvalue weighted by Gasteiger charge is 2.52. The van der Waals surface area contributed by atoms with Crippen LogP contribution < -0.4 is 0 Å². The van der Waals surface area contributed by atoms with Crippen molar-refractivity contribution in [1.29, 1.82) is 0 Å². The third kappa shape index (κ3) is 0.901. The number of carboxylic acid groups (broad SMARTS) is 1. The third-order valence-corrected chi connectivity index (χ3v) is 3.79. The van der Waals surface area contributed by atoms with Crippen LogP contribution >= 0.6 is 0 Å². The monoisotopic (exact) mass is 182 g/mol. The van der Waals surface area contributed by atoms with Crippen LogP contribution in [0.1, 0.15) is 12.8 Å². The molecule has 4 bridgehead atoms. The van der Waals surface area contributed by atoms with Gasteiger partial charge >= 0.3 is 5.97 Å². The minimum atomic E-state index is -0.630. The van der Waals surface area contributed by atoms with E-state index in [4.69, 9.17) is 5.11 Å². The van der Waals surface area contributed by atoms with Gasteiger partial charge in [-0.15, -0.1) is 0 Å². The molecule has 1 N–H and O–H groups in total. The van der Waals surface area contributed by atoms with Gasteiger partial charge in [0, 0.05) is 31.7 Å². The van der Waals surface area contributed by atoms with Gasteiger partial charge < -0.3 is 5.11 Å². The summed E-state index contributed by atoms with van der Waals surface area (Å²) < 4.78 is 0. The fourth-order valence-electron chi connectivity index (χ4n) is 3.27. The van der Waals surface area contributed by atoms with Crippen LogP contribution in [0.3, 0.4) is 0 Å². The van der Waals surface area contributed by atoms with Gasteiger partial charge in [0.05, 0.1) is 0 Å². The van der Waals surface area contributed by atoms with Crippen LogP contribution in [0.4, 0.5) is 0 Å². The quantitative estimate of drug-likeness (QED) is 0.599. The summed E-state index contributed by atoms with van der Waals surface area (Å²) in [7, 11) is 0. The van der Waals surface area contributed by atoms with Crippen molar-refractivity contribution in [2.24, 2.45) is 0 Å². The van der Waals surface area contributed by atoms with Crippen LogP contribution in [0.5, 0.6) is 0 Å². The maximum atomic E-state index is 11.1. The van der Waals surface area contributed by atoms with Crippen molar-refractivity contribution in [2.45, 2.75) is 31.0 Å². The second kappa shape index (κ2) is 2.45. The molecule has 4 nitrogen and oxygen atoms in total. The Kier molecular flexibility index (Phi) is 1.46. The molecule has 4 saturated heterocycles. The van der Waals surface area contributed by atoms with Gasteiger partial charge in [0.2, 0.25) is 0 Å². The lowest BCUT2D eigenvalue weighted by Gasteiger charge is -2.50. The van der Waals surface area contributed by atoms with E-state index in [0.29, 0.717) is 12.1 Å². The van der Waals surface area contributed by atoms with E-state index in [-0.39, 0.29) is 6.04 Å². The molecule has 0 aliphatic carbocycles. The molecule has 0 radical (unpaired) electrons. The topological polar surface area (TPSA) is 43.8 Å². The lowest BCUT2D eigenvalue weighted by atomic mass is 9.99. The Labute approximate surface area is 77.1 Å². The first kappa shape index (κ1) is 7.76. The molecule has 4 fully saturated rings. The molecule has 13 heavy (non-hydrogen) atoms. The molecule has 4 aliphatic heterocycles. The Hall–Kier alpha value is -0.610. The number of fused-ring (bicyclic) bond motifs is 1. The lowest BCUT2D eigenvalue weighted by Crippen LogP contribution is -2.68. The molecule has 4 aliphatic rings. The Balaban J connectivity index is 1.94. The summed E-state index contributed by atoms with van der Waals surface area (Å²) in [6, 6.07) is 0.756. The van der Waals surface area contributed by atoms with Crippen LogP contribution in [-0.4, -0.2) is 58.6 Å². The van der Waals surface area contributed by atoms with Crippen LogP contribution in [0.2, 0.25) is 0 Å². The van der Waals surface area contributed by atoms with E-state index < -0.39 is 5.97 Å². The summed E-state index contributed by atoms with van der Waals surface area (Å²) >= 11 is 0. The van der Waals surface area contributed by atoms with Gasteiger partial charge in [-0.2, -0.15) is 0 Å². The van der Waals surface area contributed by atoms with Crippen LogP contribution in [-0.2, 0) is 4.79 Å². The van der Waals surface area contributed by atoms with Gasteiger partial charge in [0.25, 0.3) is 0 Å². The van der Waals surface area contributed by atoms with E-state index in [1.807, 2.05) is 0 Å². The van der Waals surface area contributed by atoms with Gasteiger partial charge in [-0.25, -0.2) is 0 Å². The number of carbonyl (C=O) groups is 1. The first-order chi connectivity index (χ1) is 6.27. The highest BCUT2D eigenvalue weighted by molar-refractivity contribution is 5.75. The molecule has 5 unspecified atom stereocenters. The zero-order valence-corrected chi connectivity index (χ0v) is 7.52. The summed E-state index contributed by atoms with van der Waals surface area (Å²) in [5.74, 6) is -0.630. The number of aliphatic carboxylic acids is 1. The van der Waals surface area contributed by atoms with Gasteiger partial charge in [-0.1, -0.05) is 0 Å². The van der Waals surface area contributed by atoms with Crippen LogP contribution in [0.15, 0.2) is 0 Å². The van der Waals surface area contributed by atoms with Crippen molar-refractivity contribution >= 4 is 5.97 Å². The predicted octanol–water partition coefficient (Wildman–Crippen LogP) is -0.398. The van der Waals surface area contributed by atoms with E-state index >= 15 is 0 Å². The maximum absolute atomic E-state index is 11.1. The van der Waals surface area contributed by atoms with E-state index in [9.17, 15) is 4.79 Å². The molecule has 0 aromatic carbocycles. The third-order valence-electron chi connectivity index (χ3n) is 3.79. The zero-order valence-electron chi connectivity index (χ0n) is 7.52. The Morgan fingerprint density at radius 1 is 1.31 bits per heavy atom. The Morgan fingerprint density at radius 3 is 2.92 bits per heavy atom. The molecule has 72 valence electrons. The molecule has 0 aromatic rings.